The molecule has 0 aliphatic rings. The third-order valence-electron chi connectivity index (χ3n) is 0.847. The average molecular weight is 246 g/mol. The van der Waals surface area contributed by atoms with Crippen LogP contribution in [0.1, 0.15) is 0 Å². The molecule has 1 nitrogen and oxygen atoms in total. The van der Waals surface area contributed by atoms with Gasteiger partial charge in [0.2, 0.25) is 0 Å². The van der Waals surface area contributed by atoms with E-state index in [0.29, 0.717) is 0 Å². The van der Waals surface area contributed by atoms with Crippen molar-refractivity contribution in [3.8, 4) is 0 Å². The number of halogens is 1. The monoisotopic (exact) mass is 246 g/mol. The van der Waals surface area contributed by atoms with Crippen LogP contribution >= 0.6 is 23.0 Å². The van der Waals surface area contributed by atoms with E-state index in [9.17, 15) is 0 Å². The first-order chi connectivity index (χ1) is 3.31. The highest BCUT2D eigenvalue weighted by molar-refractivity contribution is 14.1. The van der Waals surface area contributed by atoms with Gasteiger partial charge in [0.05, 0.1) is 23.0 Å². The molecule has 0 aliphatic carbocycles. The first kappa shape index (κ1) is 8.12. The van der Waals surface area contributed by atoms with Gasteiger partial charge in [-0.1, -0.05) is 6.55 Å². The Bertz CT molecular complexity index is 43.9. The fourth-order valence-electron chi connectivity index (χ4n) is 0.451. The molecule has 0 fully saturated rings. The van der Waals surface area contributed by atoms with Gasteiger partial charge in [0.1, 0.15) is 0 Å². The van der Waals surface area contributed by atoms with E-state index in [0.717, 1.165) is 0 Å². The quantitative estimate of drug-likeness (QED) is 0.530. The van der Waals surface area contributed by atoms with Gasteiger partial charge < -0.3 is 2.76 Å². The van der Waals surface area contributed by atoms with Crippen LogP contribution in [0.2, 0.25) is 18.8 Å². The van der Waals surface area contributed by atoms with Crippen LogP contribution in [0.5, 0.6) is 0 Å². The van der Waals surface area contributed by atoms with E-state index in [2.05, 4.69) is 13.1 Å². The Morgan fingerprint density at radius 2 is 2.43 bits per heavy atom. The molecule has 0 aromatic rings. The summed E-state index contributed by atoms with van der Waals surface area (Å²) < 4.78 is 5.13. The highest BCUT2D eigenvalue weighted by atomic mass is 127. The fourth-order valence-corrected chi connectivity index (χ4v) is 6.35. The maximum absolute atomic E-state index is 5.13. The highest BCUT2D eigenvalue weighted by Crippen LogP contribution is 1.96. The van der Waals surface area contributed by atoms with Gasteiger partial charge >= 0.3 is 0 Å². The van der Waals surface area contributed by atoms with E-state index in [1.807, 2.05) is 23.0 Å². The lowest BCUT2D eigenvalue weighted by Gasteiger charge is -1.99. The summed E-state index contributed by atoms with van der Waals surface area (Å²) in [4.78, 5) is 0. The van der Waals surface area contributed by atoms with E-state index in [-0.39, 0.29) is 9.52 Å². The van der Waals surface area contributed by atoms with Gasteiger partial charge in [-0.2, -0.15) is 0 Å². The second-order valence-corrected chi connectivity index (χ2v) is 8.32. The predicted octanol–water partition coefficient (Wildman–Crippen LogP) is 0.881. The summed E-state index contributed by atoms with van der Waals surface area (Å²) in [7, 11) is -0.345. The SMILES string of the molecule is C[SiH2]C[Si@@H](C)OI. The molecule has 0 saturated heterocycles. The van der Waals surface area contributed by atoms with Crippen LogP contribution in [0.15, 0.2) is 0 Å². The molecule has 0 aromatic carbocycles. The Balaban J connectivity index is 2.83. The summed E-state index contributed by atoms with van der Waals surface area (Å²) >= 11 is 2.02. The Kier molecular flexibility index (Phi) is 6.11. The molecule has 1 atom stereocenters. The van der Waals surface area contributed by atoms with Crippen LogP contribution < -0.4 is 0 Å². The topological polar surface area (TPSA) is 9.23 Å². The lowest BCUT2D eigenvalue weighted by atomic mass is 11.8. The van der Waals surface area contributed by atoms with Crippen molar-refractivity contribution in [2.24, 2.45) is 0 Å². The molecule has 4 heteroatoms. The molecule has 7 heavy (non-hydrogen) atoms. The molecule has 0 bridgehead atoms. The summed E-state index contributed by atoms with van der Waals surface area (Å²) in [5.41, 5.74) is 1.45. The van der Waals surface area contributed by atoms with Crippen LogP contribution in [-0.4, -0.2) is 18.6 Å². The average Bonchev–Trinajstić information content (AvgIpc) is 1.68. The van der Waals surface area contributed by atoms with Gasteiger partial charge in [0.25, 0.3) is 0 Å². The molecule has 44 valence electrons. The Hall–Kier alpha value is 1.12. The third kappa shape index (κ3) is 4.99. The molecule has 0 radical (unpaired) electrons. The van der Waals surface area contributed by atoms with Crippen LogP contribution in [0, 0.1) is 0 Å². The van der Waals surface area contributed by atoms with Gasteiger partial charge in [-0.05, 0) is 12.2 Å². The smallest absolute Gasteiger partial charge is 0.186 e. The van der Waals surface area contributed by atoms with E-state index in [1.165, 1.54) is 5.67 Å². The third-order valence-corrected chi connectivity index (χ3v) is 9.32. The van der Waals surface area contributed by atoms with E-state index < -0.39 is 9.04 Å². The standard InChI is InChI=1S/C3H11IOSi2/c1-6-3-7(2)5-4/h7H,3,6H2,1-2H3/t7-/m1/s1. The molecule has 0 aliphatic heterocycles. The summed E-state index contributed by atoms with van der Waals surface area (Å²) in [6, 6.07) is 0. The minimum Gasteiger partial charge on any atom is -0.363 e. The van der Waals surface area contributed by atoms with Crippen molar-refractivity contribution >= 4 is 41.6 Å². The summed E-state index contributed by atoms with van der Waals surface area (Å²) in [5, 5.41) is 0. The second kappa shape index (κ2) is 5.26. The minimum absolute atomic E-state index is 0.287. The van der Waals surface area contributed by atoms with Gasteiger partial charge in [0.15, 0.2) is 9.04 Å². The highest BCUT2D eigenvalue weighted by Gasteiger charge is 1.98. The van der Waals surface area contributed by atoms with Crippen LogP contribution in [-0.2, 0) is 2.76 Å². The maximum Gasteiger partial charge on any atom is 0.186 e. The summed E-state index contributed by atoms with van der Waals surface area (Å²) in [5.74, 6) is 0. The molecule has 0 saturated carbocycles. The normalized spacial score (nSPS) is 15.9. The molecule has 0 amide bonds. The van der Waals surface area contributed by atoms with Crippen molar-refractivity contribution < 1.29 is 2.76 Å². The molecule has 0 rings (SSSR count). The van der Waals surface area contributed by atoms with Crippen LogP contribution in [0.4, 0.5) is 0 Å². The zero-order valence-electron chi connectivity index (χ0n) is 4.78. The van der Waals surface area contributed by atoms with Crippen LogP contribution in [0.25, 0.3) is 0 Å². The first-order valence-electron chi connectivity index (χ1n) is 2.58. The Labute approximate surface area is 63.1 Å². The Morgan fingerprint density at radius 1 is 1.86 bits per heavy atom. The van der Waals surface area contributed by atoms with E-state index >= 15 is 0 Å². The second-order valence-electron chi connectivity index (χ2n) is 1.69. The Morgan fingerprint density at radius 3 is 2.57 bits per heavy atom. The van der Waals surface area contributed by atoms with Crippen LogP contribution in [0.3, 0.4) is 0 Å². The predicted molar refractivity (Wildman–Crippen MR) is 47.3 cm³/mol. The lowest BCUT2D eigenvalue weighted by Crippen LogP contribution is -2.08. The van der Waals surface area contributed by atoms with Crippen molar-refractivity contribution in [2.45, 2.75) is 18.8 Å². The van der Waals surface area contributed by atoms with E-state index in [4.69, 9.17) is 2.76 Å². The molecule has 0 aromatic heterocycles. The molecule has 0 spiro atoms. The number of hydrogen-bond acceptors (Lipinski definition) is 1. The van der Waals surface area contributed by atoms with Crippen molar-refractivity contribution in [1.29, 1.82) is 0 Å². The summed E-state index contributed by atoms with van der Waals surface area (Å²) in [6.07, 6.45) is 0. The molecular weight excluding hydrogens is 235 g/mol. The number of rotatable bonds is 3. The number of hydrogen-bond donors (Lipinski definition) is 0. The lowest BCUT2D eigenvalue weighted by molar-refractivity contribution is 0.754. The van der Waals surface area contributed by atoms with Gasteiger partial charge in [0, 0.05) is 9.52 Å². The van der Waals surface area contributed by atoms with Gasteiger partial charge in [-0.3, -0.25) is 0 Å². The minimum atomic E-state index is -0.633. The fraction of sp³-hybridized carbons (Fsp3) is 1.00. The van der Waals surface area contributed by atoms with Crippen molar-refractivity contribution in [2.75, 3.05) is 0 Å². The van der Waals surface area contributed by atoms with Crippen molar-refractivity contribution in [3.63, 3.8) is 0 Å². The molecular formula is C3H11IOSi2. The van der Waals surface area contributed by atoms with Gasteiger partial charge in [-0.25, -0.2) is 0 Å². The van der Waals surface area contributed by atoms with E-state index in [1.54, 1.807) is 0 Å². The van der Waals surface area contributed by atoms with Crippen molar-refractivity contribution in [3.05, 3.63) is 0 Å². The van der Waals surface area contributed by atoms with Crippen molar-refractivity contribution in [1.82, 2.24) is 0 Å². The molecule has 0 N–H and O–H groups in total. The van der Waals surface area contributed by atoms with Gasteiger partial charge in [-0.15, -0.1) is 0 Å². The largest absolute Gasteiger partial charge is 0.363 e. The first-order valence-corrected chi connectivity index (χ1v) is 8.32. The maximum atomic E-state index is 5.13. The zero-order valence-corrected chi connectivity index (χ0v) is 9.50. The molecule has 0 heterocycles. The molecule has 0 unspecified atom stereocenters. The zero-order chi connectivity index (χ0) is 5.70. The summed E-state index contributed by atoms with van der Waals surface area (Å²) in [6.45, 7) is 4.59.